The van der Waals surface area contributed by atoms with Crippen LogP contribution < -0.4 is 4.90 Å². The van der Waals surface area contributed by atoms with Gasteiger partial charge in [-0.3, -0.25) is 0 Å². The molecule has 1 fully saturated rings. The summed E-state index contributed by atoms with van der Waals surface area (Å²) in [5.41, 5.74) is 1.01. The van der Waals surface area contributed by atoms with Gasteiger partial charge >= 0.3 is 0 Å². The van der Waals surface area contributed by atoms with Crippen molar-refractivity contribution in [3.05, 3.63) is 22.4 Å². The molecule has 0 bridgehead atoms. The lowest BCUT2D eigenvalue weighted by atomic mass is 10.2. The van der Waals surface area contributed by atoms with E-state index in [9.17, 15) is 0 Å². The smallest absolute Gasteiger partial charge is 0.132 e. The Morgan fingerprint density at radius 3 is 2.67 bits per heavy atom. The molecule has 1 saturated heterocycles. The molecule has 1 atom stereocenters. The molecule has 0 saturated carbocycles. The summed E-state index contributed by atoms with van der Waals surface area (Å²) in [7, 11) is 0. The molecular formula is C10H12Cl2N2O. The second kappa shape index (κ2) is 4.56. The monoisotopic (exact) mass is 246 g/mol. The number of aromatic nitrogens is 1. The maximum absolute atomic E-state index is 5.85. The summed E-state index contributed by atoms with van der Waals surface area (Å²) >= 11 is 11.7. The Morgan fingerprint density at radius 1 is 1.40 bits per heavy atom. The van der Waals surface area contributed by atoms with Crippen LogP contribution in [-0.4, -0.2) is 30.8 Å². The molecule has 15 heavy (non-hydrogen) atoms. The summed E-state index contributed by atoms with van der Waals surface area (Å²) in [5.74, 6) is 0. The van der Waals surface area contributed by atoms with E-state index in [1.165, 1.54) is 0 Å². The maximum atomic E-state index is 5.85. The van der Waals surface area contributed by atoms with E-state index < -0.39 is 0 Å². The summed E-state index contributed by atoms with van der Waals surface area (Å²) in [4.78, 5) is 6.12. The highest BCUT2D eigenvalue weighted by molar-refractivity contribution is 6.32. The highest BCUT2D eigenvalue weighted by Gasteiger charge is 2.17. The summed E-state index contributed by atoms with van der Waals surface area (Å²) in [6.07, 6.45) is 0.240. The van der Waals surface area contributed by atoms with Gasteiger partial charge in [-0.05, 0) is 19.1 Å². The number of hydrogen-bond donors (Lipinski definition) is 0. The first-order chi connectivity index (χ1) is 7.15. The number of ether oxygens (including phenoxy) is 1. The van der Waals surface area contributed by atoms with E-state index in [-0.39, 0.29) is 6.10 Å². The molecule has 1 aromatic rings. The SMILES string of the molecule is C[C@@H]1CN(c2cc(Cl)nc(Cl)c2)CCO1. The van der Waals surface area contributed by atoms with Gasteiger partial charge in [0.1, 0.15) is 10.3 Å². The van der Waals surface area contributed by atoms with Gasteiger partial charge in [0, 0.05) is 18.8 Å². The van der Waals surface area contributed by atoms with Crippen LogP contribution in [0.1, 0.15) is 6.92 Å². The highest BCUT2D eigenvalue weighted by atomic mass is 35.5. The van der Waals surface area contributed by atoms with Crippen molar-refractivity contribution in [3.63, 3.8) is 0 Å². The summed E-state index contributed by atoms with van der Waals surface area (Å²) in [6, 6.07) is 3.65. The van der Waals surface area contributed by atoms with Crippen LogP contribution >= 0.6 is 23.2 Å². The fourth-order valence-corrected chi connectivity index (χ4v) is 2.14. The number of anilines is 1. The normalized spacial score (nSPS) is 21.8. The average molecular weight is 247 g/mol. The van der Waals surface area contributed by atoms with Crippen LogP contribution in [0.15, 0.2) is 12.1 Å². The number of morpholine rings is 1. The molecule has 0 unspecified atom stereocenters. The molecule has 0 aliphatic carbocycles. The largest absolute Gasteiger partial charge is 0.375 e. The molecule has 1 aromatic heterocycles. The van der Waals surface area contributed by atoms with E-state index >= 15 is 0 Å². The molecule has 0 spiro atoms. The fourth-order valence-electron chi connectivity index (χ4n) is 1.69. The van der Waals surface area contributed by atoms with Gasteiger partial charge < -0.3 is 9.64 Å². The summed E-state index contributed by atoms with van der Waals surface area (Å²) in [6.45, 7) is 4.51. The number of pyridine rings is 1. The topological polar surface area (TPSA) is 25.4 Å². The van der Waals surface area contributed by atoms with Crippen LogP contribution in [0.5, 0.6) is 0 Å². The first-order valence-corrected chi connectivity index (χ1v) is 5.60. The second-order valence-electron chi connectivity index (χ2n) is 3.60. The van der Waals surface area contributed by atoms with Crippen molar-refractivity contribution in [2.24, 2.45) is 0 Å². The number of hydrogen-bond acceptors (Lipinski definition) is 3. The van der Waals surface area contributed by atoms with Crippen LogP contribution in [0.3, 0.4) is 0 Å². The number of halogens is 2. The molecule has 5 heteroatoms. The second-order valence-corrected chi connectivity index (χ2v) is 4.37. The Bertz CT molecular complexity index is 339. The minimum atomic E-state index is 0.240. The van der Waals surface area contributed by atoms with Gasteiger partial charge in [0.25, 0.3) is 0 Å². The molecule has 82 valence electrons. The molecule has 0 aromatic carbocycles. The fraction of sp³-hybridized carbons (Fsp3) is 0.500. The van der Waals surface area contributed by atoms with Crippen molar-refractivity contribution in [3.8, 4) is 0 Å². The van der Waals surface area contributed by atoms with Crippen LogP contribution in [0.25, 0.3) is 0 Å². The van der Waals surface area contributed by atoms with Crippen LogP contribution in [0.4, 0.5) is 5.69 Å². The average Bonchev–Trinajstić information content (AvgIpc) is 2.16. The Hall–Kier alpha value is -0.510. The van der Waals surface area contributed by atoms with Gasteiger partial charge in [-0.15, -0.1) is 0 Å². The predicted molar refractivity (Wildman–Crippen MR) is 61.9 cm³/mol. The number of rotatable bonds is 1. The van der Waals surface area contributed by atoms with E-state index in [1.54, 1.807) is 0 Å². The molecule has 2 rings (SSSR count). The highest BCUT2D eigenvalue weighted by Crippen LogP contribution is 2.23. The van der Waals surface area contributed by atoms with Crippen LogP contribution in [0.2, 0.25) is 10.3 Å². The van der Waals surface area contributed by atoms with Gasteiger partial charge in [0.15, 0.2) is 0 Å². The van der Waals surface area contributed by atoms with Crippen molar-refractivity contribution >= 4 is 28.9 Å². The first-order valence-electron chi connectivity index (χ1n) is 4.85. The lowest BCUT2D eigenvalue weighted by Crippen LogP contribution is -2.41. The van der Waals surface area contributed by atoms with Gasteiger partial charge in [0.2, 0.25) is 0 Å². The molecule has 0 radical (unpaired) electrons. The van der Waals surface area contributed by atoms with E-state index in [0.717, 1.165) is 25.4 Å². The Balaban J connectivity index is 2.20. The predicted octanol–water partition coefficient (Wildman–Crippen LogP) is 2.61. The quantitative estimate of drug-likeness (QED) is 0.713. The third kappa shape index (κ3) is 2.74. The molecule has 1 aliphatic rings. The van der Waals surface area contributed by atoms with Crippen molar-refractivity contribution < 1.29 is 4.74 Å². The zero-order valence-electron chi connectivity index (χ0n) is 8.41. The maximum Gasteiger partial charge on any atom is 0.132 e. The number of nitrogens with zero attached hydrogens (tertiary/aromatic N) is 2. The van der Waals surface area contributed by atoms with E-state index in [4.69, 9.17) is 27.9 Å². The Labute approximate surface area is 98.9 Å². The minimum absolute atomic E-state index is 0.240. The first kappa shape index (κ1) is 11.0. The summed E-state index contributed by atoms with van der Waals surface area (Å²) < 4.78 is 5.47. The van der Waals surface area contributed by atoms with Crippen LogP contribution in [0, 0.1) is 0 Å². The molecule has 0 N–H and O–H groups in total. The van der Waals surface area contributed by atoms with Gasteiger partial charge in [0.05, 0.1) is 12.7 Å². The van der Waals surface area contributed by atoms with Gasteiger partial charge in [-0.25, -0.2) is 4.98 Å². The van der Waals surface area contributed by atoms with Gasteiger partial charge in [-0.2, -0.15) is 0 Å². The lowest BCUT2D eigenvalue weighted by Gasteiger charge is -2.32. The summed E-state index contributed by atoms with van der Waals surface area (Å²) in [5, 5.41) is 0.855. The zero-order chi connectivity index (χ0) is 10.8. The lowest BCUT2D eigenvalue weighted by molar-refractivity contribution is 0.0532. The minimum Gasteiger partial charge on any atom is -0.375 e. The van der Waals surface area contributed by atoms with Crippen molar-refractivity contribution in [1.29, 1.82) is 0 Å². The Morgan fingerprint density at radius 2 is 2.07 bits per heavy atom. The molecule has 1 aliphatic heterocycles. The van der Waals surface area contributed by atoms with Crippen LogP contribution in [-0.2, 0) is 4.74 Å². The standard InChI is InChI=1S/C10H12Cl2N2O/c1-7-6-14(2-3-15-7)8-4-9(11)13-10(12)5-8/h4-5,7H,2-3,6H2,1H3/t7-/m1/s1. The van der Waals surface area contributed by atoms with Crippen molar-refractivity contribution in [2.75, 3.05) is 24.6 Å². The van der Waals surface area contributed by atoms with E-state index in [2.05, 4.69) is 16.8 Å². The van der Waals surface area contributed by atoms with Crippen molar-refractivity contribution in [1.82, 2.24) is 4.98 Å². The Kier molecular flexibility index (Phi) is 3.34. The van der Waals surface area contributed by atoms with Gasteiger partial charge in [-0.1, -0.05) is 23.2 Å². The molecule has 0 amide bonds. The van der Waals surface area contributed by atoms with E-state index in [0.29, 0.717) is 10.3 Å². The van der Waals surface area contributed by atoms with Crippen molar-refractivity contribution in [2.45, 2.75) is 13.0 Å². The molecule has 2 heterocycles. The van der Waals surface area contributed by atoms with E-state index in [1.807, 2.05) is 12.1 Å². The molecular weight excluding hydrogens is 235 g/mol. The third-order valence-electron chi connectivity index (χ3n) is 2.35. The molecule has 3 nitrogen and oxygen atoms in total. The third-order valence-corrected chi connectivity index (χ3v) is 2.74. The zero-order valence-corrected chi connectivity index (χ0v) is 9.92.